The molecule has 0 bridgehead atoms. The van der Waals surface area contributed by atoms with Crippen molar-refractivity contribution in [3.8, 4) is 21.9 Å². The Labute approximate surface area is 185 Å². The van der Waals surface area contributed by atoms with E-state index in [1.165, 1.54) is 23.6 Å². The van der Waals surface area contributed by atoms with Crippen molar-refractivity contribution in [2.45, 2.75) is 71.4 Å². The summed E-state index contributed by atoms with van der Waals surface area (Å²) in [5.41, 5.74) is 1.58. The van der Waals surface area contributed by atoms with Gasteiger partial charge in [0.1, 0.15) is 11.7 Å². The molecule has 3 aromatic heterocycles. The molecular formula is C23H28N4O3S. The summed E-state index contributed by atoms with van der Waals surface area (Å²) in [6.07, 6.45) is 6.67. The summed E-state index contributed by atoms with van der Waals surface area (Å²) in [7, 11) is 0. The van der Waals surface area contributed by atoms with Crippen LogP contribution >= 0.6 is 11.3 Å². The first-order valence-electron chi connectivity index (χ1n) is 10.9. The third-order valence-electron chi connectivity index (χ3n) is 5.77. The second-order valence-corrected chi connectivity index (χ2v) is 9.59. The number of carbonyl (C=O) groups excluding carboxylic acids is 1. The van der Waals surface area contributed by atoms with Crippen LogP contribution in [0.2, 0.25) is 0 Å². The molecule has 1 saturated carbocycles. The maximum absolute atomic E-state index is 13.0. The van der Waals surface area contributed by atoms with Crippen LogP contribution in [0.1, 0.15) is 62.1 Å². The molecule has 1 fully saturated rings. The van der Waals surface area contributed by atoms with Crippen LogP contribution in [0.3, 0.4) is 0 Å². The third kappa shape index (κ3) is 4.79. The molecule has 0 aromatic carbocycles. The van der Waals surface area contributed by atoms with Gasteiger partial charge in [-0.3, -0.25) is 9.59 Å². The van der Waals surface area contributed by atoms with Crippen LogP contribution in [0, 0.1) is 13.8 Å². The highest BCUT2D eigenvalue weighted by Crippen LogP contribution is 2.34. The molecule has 0 saturated heterocycles. The van der Waals surface area contributed by atoms with Crippen molar-refractivity contribution in [3.05, 3.63) is 45.2 Å². The second kappa shape index (κ2) is 9.18. The molecule has 0 spiro atoms. The lowest BCUT2D eigenvalue weighted by atomic mass is 10.1. The van der Waals surface area contributed by atoms with Gasteiger partial charge in [-0.2, -0.15) is 5.10 Å². The van der Waals surface area contributed by atoms with Crippen LogP contribution in [-0.4, -0.2) is 26.9 Å². The van der Waals surface area contributed by atoms with E-state index < -0.39 is 6.04 Å². The fourth-order valence-electron chi connectivity index (χ4n) is 4.03. The molecule has 1 unspecified atom stereocenters. The molecule has 7 nitrogen and oxygen atoms in total. The first kappa shape index (κ1) is 21.5. The monoisotopic (exact) mass is 440 g/mol. The Morgan fingerprint density at radius 1 is 1.19 bits per heavy atom. The fraction of sp³-hybridized carbons (Fsp3) is 0.478. The van der Waals surface area contributed by atoms with Gasteiger partial charge in [-0.15, -0.1) is 11.3 Å². The molecule has 3 aromatic rings. The number of nitrogens with zero attached hydrogens (tertiary/aromatic N) is 3. The molecule has 1 N–H and O–H groups in total. The SMILES string of the molecule is Cc1cc(-c2cc(=O)n(C(C)C(=O)NC3CCCCCC3)nc2-c2ccc(C)s2)on1. The summed E-state index contributed by atoms with van der Waals surface area (Å²) in [4.78, 5) is 28.0. The number of hydrogen-bond donors (Lipinski definition) is 1. The topological polar surface area (TPSA) is 90.0 Å². The summed E-state index contributed by atoms with van der Waals surface area (Å²) in [5, 5.41) is 11.7. The van der Waals surface area contributed by atoms with E-state index in [1.54, 1.807) is 24.3 Å². The fourth-order valence-corrected chi connectivity index (χ4v) is 4.89. The molecule has 31 heavy (non-hydrogen) atoms. The largest absolute Gasteiger partial charge is 0.356 e. The lowest BCUT2D eigenvalue weighted by Gasteiger charge is -2.20. The third-order valence-corrected chi connectivity index (χ3v) is 6.78. The summed E-state index contributed by atoms with van der Waals surface area (Å²) in [6.45, 7) is 5.57. The Balaban J connectivity index is 1.69. The zero-order valence-electron chi connectivity index (χ0n) is 18.2. The van der Waals surface area contributed by atoms with Gasteiger partial charge in [0.2, 0.25) is 5.91 Å². The molecule has 1 aliphatic rings. The highest BCUT2D eigenvalue weighted by atomic mass is 32.1. The molecule has 0 aliphatic heterocycles. The maximum atomic E-state index is 13.0. The van der Waals surface area contributed by atoms with Crippen molar-refractivity contribution in [2.24, 2.45) is 0 Å². The molecular weight excluding hydrogens is 412 g/mol. The van der Waals surface area contributed by atoms with Gasteiger partial charge in [0.15, 0.2) is 5.76 Å². The predicted octanol–water partition coefficient (Wildman–Crippen LogP) is 4.64. The van der Waals surface area contributed by atoms with Crippen molar-refractivity contribution in [1.82, 2.24) is 20.3 Å². The average Bonchev–Trinajstić information content (AvgIpc) is 3.29. The second-order valence-electron chi connectivity index (χ2n) is 8.31. The smallest absolute Gasteiger partial charge is 0.268 e. The Bertz CT molecular complexity index is 1120. The van der Waals surface area contributed by atoms with Gasteiger partial charge in [-0.05, 0) is 45.7 Å². The predicted molar refractivity (Wildman–Crippen MR) is 121 cm³/mol. The Morgan fingerprint density at radius 3 is 2.55 bits per heavy atom. The highest BCUT2D eigenvalue weighted by Gasteiger charge is 2.24. The number of rotatable bonds is 5. The zero-order valence-corrected chi connectivity index (χ0v) is 19.0. The first-order valence-corrected chi connectivity index (χ1v) is 11.7. The number of hydrogen-bond acceptors (Lipinski definition) is 6. The minimum atomic E-state index is -0.707. The number of nitrogens with one attached hydrogen (secondary N) is 1. The van der Waals surface area contributed by atoms with Gasteiger partial charge in [-0.25, -0.2) is 4.68 Å². The molecule has 1 atom stereocenters. The van der Waals surface area contributed by atoms with E-state index in [9.17, 15) is 9.59 Å². The van der Waals surface area contributed by atoms with Gasteiger partial charge < -0.3 is 9.84 Å². The summed E-state index contributed by atoms with van der Waals surface area (Å²) in [5.74, 6) is 0.323. The molecule has 164 valence electrons. The molecule has 1 aliphatic carbocycles. The van der Waals surface area contributed by atoms with Crippen LogP contribution in [-0.2, 0) is 4.79 Å². The minimum absolute atomic E-state index is 0.168. The Morgan fingerprint density at radius 2 is 1.94 bits per heavy atom. The molecule has 8 heteroatoms. The number of thiophene rings is 1. The number of aryl methyl sites for hydroxylation is 2. The standard InChI is InChI=1S/C23H28N4O3S/c1-14-12-19(30-26-14)18-13-21(28)27(25-22(18)20-11-10-15(2)31-20)16(3)23(29)24-17-8-6-4-5-7-9-17/h10-13,16-17H,4-9H2,1-3H3,(H,24,29). The summed E-state index contributed by atoms with van der Waals surface area (Å²) >= 11 is 1.58. The zero-order chi connectivity index (χ0) is 22.0. The number of carbonyl (C=O) groups is 1. The van der Waals surface area contributed by atoms with Gasteiger partial charge in [0.25, 0.3) is 5.56 Å². The minimum Gasteiger partial charge on any atom is -0.356 e. The first-order chi connectivity index (χ1) is 14.9. The van der Waals surface area contributed by atoms with Gasteiger partial charge >= 0.3 is 0 Å². The Kier molecular flexibility index (Phi) is 6.36. The molecule has 0 radical (unpaired) electrons. The molecule has 4 rings (SSSR count). The van der Waals surface area contributed by atoms with Crippen molar-refractivity contribution in [1.29, 1.82) is 0 Å². The van der Waals surface area contributed by atoms with Crippen molar-refractivity contribution < 1.29 is 9.32 Å². The van der Waals surface area contributed by atoms with E-state index in [1.807, 2.05) is 26.0 Å². The normalized spacial score (nSPS) is 16.1. The lowest BCUT2D eigenvalue weighted by Crippen LogP contribution is -2.41. The Hall–Kier alpha value is -2.74. The molecule has 3 heterocycles. The summed E-state index contributed by atoms with van der Waals surface area (Å²) < 4.78 is 6.70. The van der Waals surface area contributed by atoms with Crippen LogP contribution in [0.4, 0.5) is 0 Å². The summed E-state index contributed by atoms with van der Waals surface area (Å²) in [6, 6.07) is 6.72. The van der Waals surface area contributed by atoms with Gasteiger partial charge in [0.05, 0.1) is 16.1 Å². The van der Waals surface area contributed by atoms with E-state index in [2.05, 4.69) is 15.6 Å². The van der Waals surface area contributed by atoms with E-state index in [-0.39, 0.29) is 17.5 Å². The molecule has 1 amide bonds. The quantitative estimate of drug-likeness (QED) is 0.584. The van der Waals surface area contributed by atoms with Crippen LogP contribution in [0.5, 0.6) is 0 Å². The lowest BCUT2D eigenvalue weighted by molar-refractivity contribution is -0.125. The number of amides is 1. The van der Waals surface area contributed by atoms with Crippen molar-refractivity contribution >= 4 is 17.2 Å². The van der Waals surface area contributed by atoms with E-state index in [0.29, 0.717) is 17.0 Å². The van der Waals surface area contributed by atoms with Gasteiger partial charge in [-0.1, -0.05) is 30.8 Å². The van der Waals surface area contributed by atoms with Crippen LogP contribution < -0.4 is 10.9 Å². The highest BCUT2D eigenvalue weighted by molar-refractivity contribution is 7.15. The number of aromatic nitrogens is 3. The van der Waals surface area contributed by atoms with E-state index >= 15 is 0 Å². The van der Waals surface area contributed by atoms with E-state index in [0.717, 1.165) is 41.1 Å². The van der Waals surface area contributed by atoms with Crippen molar-refractivity contribution in [2.75, 3.05) is 0 Å². The van der Waals surface area contributed by atoms with Crippen molar-refractivity contribution in [3.63, 3.8) is 0 Å². The van der Waals surface area contributed by atoms with Crippen LogP contribution in [0.25, 0.3) is 21.9 Å². The average molecular weight is 441 g/mol. The maximum Gasteiger partial charge on any atom is 0.268 e. The van der Waals surface area contributed by atoms with E-state index in [4.69, 9.17) is 4.52 Å². The van der Waals surface area contributed by atoms with Gasteiger partial charge in [0, 0.05) is 23.1 Å². The van der Waals surface area contributed by atoms with Crippen LogP contribution in [0.15, 0.2) is 33.6 Å².